The summed E-state index contributed by atoms with van der Waals surface area (Å²) in [6.45, 7) is 0.607. The van der Waals surface area contributed by atoms with E-state index in [1.807, 2.05) is 24.3 Å². The maximum Gasteiger partial charge on any atom is 0.305 e. The van der Waals surface area contributed by atoms with Crippen LogP contribution in [0, 0.1) is 0 Å². The summed E-state index contributed by atoms with van der Waals surface area (Å²) >= 11 is 5.14. The fraction of sp³-hybridized carbons (Fsp3) is 0.467. The average Bonchev–Trinajstić information content (AvgIpc) is 2.48. The van der Waals surface area contributed by atoms with E-state index in [1.54, 1.807) is 11.8 Å². The quantitative estimate of drug-likeness (QED) is 0.409. The normalized spacial score (nSPS) is 10.2. The Bertz CT molecular complexity index is 468. The molecule has 0 radical (unpaired) electrons. The van der Waals surface area contributed by atoms with Crippen molar-refractivity contribution in [3.63, 3.8) is 0 Å². The van der Waals surface area contributed by atoms with Crippen LogP contribution in [0.25, 0.3) is 0 Å². The lowest BCUT2D eigenvalue weighted by Gasteiger charge is -2.06. The average molecular weight is 374 g/mol. The molecule has 0 saturated heterocycles. The van der Waals surface area contributed by atoms with Gasteiger partial charge in [-0.25, -0.2) is 0 Å². The van der Waals surface area contributed by atoms with E-state index in [2.05, 4.69) is 26.0 Å². The third-order valence-electron chi connectivity index (χ3n) is 2.78. The maximum absolute atomic E-state index is 11.6. The van der Waals surface area contributed by atoms with E-state index in [9.17, 15) is 9.59 Å². The lowest BCUT2D eigenvalue weighted by atomic mass is 10.2. The third-order valence-corrected chi connectivity index (χ3v) is 4.81. The lowest BCUT2D eigenvalue weighted by Crippen LogP contribution is -2.24. The topological polar surface area (TPSA) is 55.4 Å². The highest BCUT2D eigenvalue weighted by atomic mass is 79.9. The number of thioether (sulfide) groups is 1. The summed E-state index contributed by atoms with van der Waals surface area (Å²) in [6, 6.07) is 7.97. The Morgan fingerprint density at radius 3 is 2.71 bits per heavy atom. The number of carbonyl (C=O) groups excluding carboxylic acids is 2. The monoisotopic (exact) mass is 373 g/mol. The molecular weight excluding hydrogens is 354 g/mol. The lowest BCUT2D eigenvalue weighted by molar-refractivity contribution is -0.140. The molecule has 0 saturated carbocycles. The minimum absolute atomic E-state index is 0.0487. The number of rotatable bonds is 9. The number of esters is 1. The van der Waals surface area contributed by atoms with E-state index < -0.39 is 0 Å². The molecule has 0 atom stereocenters. The van der Waals surface area contributed by atoms with Crippen LogP contribution in [0.15, 0.2) is 33.6 Å². The predicted molar refractivity (Wildman–Crippen MR) is 88.4 cm³/mol. The van der Waals surface area contributed by atoms with Crippen LogP contribution in [0.4, 0.5) is 0 Å². The largest absolute Gasteiger partial charge is 0.469 e. The number of hydrogen-bond acceptors (Lipinski definition) is 4. The van der Waals surface area contributed by atoms with Gasteiger partial charge in [0, 0.05) is 34.5 Å². The van der Waals surface area contributed by atoms with E-state index in [0.29, 0.717) is 19.4 Å². The Morgan fingerprint density at radius 2 is 2.00 bits per heavy atom. The highest BCUT2D eigenvalue weighted by molar-refractivity contribution is 9.10. The standard InChI is InChI=1S/C15H20BrNO3S/c1-20-15(19)8-4-5-10-17-14(18)9-11-21-13-7-3-2-6-12(13)16/h2-3,6-7H,4-5,8-11H2,1H3,(H,17,18). The smallest absolute Gasteiger partial charge is 0.305 e. The van der Waals surface area contributed by atoms with Gasteiger partial charge in [0.25, 0.3) is 0 Å². The van der Waals surface area contributed by atoms with Gasteiger partial charge in [-0.1, -0.05) is 12.1 Å². The fourth-order valence-corrected chi connectivity index (χ4v) is 3.14. The molecule has 0 bridgehead atoms. The van der Waals surface area contributed by atoms with Crippen molar-refractivity contribution in [2.75, 3.05) is 19.4 Å². The van der Waals surface area contributed by atoms with Crippen molar-refractivity contribution in [3.8, 4) is 0 Å². The van der Waals surface area contributed by atoms with Crippen molar-refractivity contribution < 1.29 is 14.3 Å². The molecule has 1 N–H and O–H groups in total. The fourth-order valence-electron chi connectivity index (χ4n) is 1.63. The van der Waals surface area contributed by atoms with Crippen LogP contribution in [0.2, 0.25) is 0 Å². The summed E-state index contributed by atoms with van der Waals surface area (Å²) < 4.78 is 5.60. The number of ether oxygens (including phenoxy) is 1. The summed E-state index contributed by atoms with van der Waals surface area (Å²) in [6.07, 6.45) is 2.42. The number of hydrogen-bond donors (Lipinski definition) is 1. The minimum atomic E-state index is -0.203. The molecule has 1 amide bonds. The van der Waals surface area contributed by atoms with Crippen molar-refractivity contribution >= 4 is 39.6 Å². The zero-order valence-corrected chi connectivity index (χ0v) is 14.5. The number of unbranched alkanes of at least 4 members (excludes halogenated alkanes) is 1. The molecule has 0 aliphatic carbocycles. The van der Waals surface area contributed by atoms with Gasteiger partial charge in [0.15, 0.2) is 0 Å². The van der Waals surface area contributed by atoms with Crippen molar-refractivity contribution in [3.05, 3.63) is 28.7 Å². The Kier molecular flexibility index (Phi) is 9.17. The first-order valence-electron chi connectivity index (χ1n) is 6.84. The van der Waals surface area contributed by atoms with Crippen LogP contribution in [0.1, 0.15) is 25.7 Å². The second-order valence-electron chi connectivity index (χ2n) is 4.41. The number of amides is 1. The van der Waals surface area contributed by atoms with Gasteiger partial charge >= 0.3 is 5.97 Å². The molecule has 0 spiro atoms. The van der Waals surface area contributed by atoms with Gasteiger partial charge in [0.2, 0.25) is 5.91 Å². The summed E-state index contributed by atoms with van der Waals surface area (Å²) in [4.78, 5) is 23.7. The molecule has 0 fully saturated rings. The Labute approximate surface area is 138 Å². The first kappa shape index (κ1) is 18.0. The molecule has 1 rings (SSSR count). The van der Waals surface area contributed by atoms with E-state index in [-0.39, 0.29) is 11.9 Å². The van der Waals surface area contributed by atoms with Crippen molar-refractivity contribution in [1.29, 1.82) is 0 Å². The molecular formula is C15H20BrNO3S. The van der Waals surface area contributed by atoms with Gasteiger partial charge in [-0.15, -0.1) is 11.8 Å². The van der Waals surface area contributed by atoms with E-state index >= 15 is 0 Å². The van der Waals surface area contributed by atoms with Crippen LogP contribution in [0.5, 0.6) is 0 Å². The molecule has 0 aliphatic rings. The highest BCUT2D eigenvalue weighted by Gasteiger charge is 2.04. The molecule has 6 heteroatoms. The zero-order chi connectivity index (χ0) is 15.5. The molecule has 116 valence electrons. The first-order chi connectivity index (χ1) is 10.1. The molecule has 0 heterocycles. The van der Waals surface area contributed by atoms with Gasteiger partial charge in [0.05, 0.1) is 7.11 Å². The summed E-state index contributed by atoms with van der Waals surface area (Å²) in [7, 11) is 1.38. The highest BCUT2D eigenvalue weighted by Crippen LogP contribution is 2.27. The molecule has 21 heavy (non-hydrogen) atoms. The van der Waals surface area contributed by atoms with Gasteiger partial charge in [-0.05, 0) is 40.9 Å². The molecule has 0 aromatic heterocycles. The SMILES string of the molecule is COC(=O)CCCCNC(=O)CCSc1ccccc1Br. The molecule has 0 unspecified atom stereocenters. The van der Waals surface area contributed by atoms with E-state index in [4.69, 9.17) is 0 Å². The third kappa shape index (κ3) is 8.12. The second kappa shape index (κ2) is 10.7. The van der Waals surface area contributed by atoms with E-state index in [0.717, 1.165) is 28.0 Å². The summed E-state index contributed by atoms with van der Waals surface area (Å²) in [5, 5.41) is 2.86. The Balaban J connectivity index is 2.07. The van der Waals surface area contributed by atoms with E-state index in [1.165, 1.54) is 7.11 Å². The summed E-state index contributed by atoms with van der Waals surface area (Å²) in [5.74, 6) is 0.593. The van der Waals surface area contributed by atoms with Crippen LogP contribution in [-0.2, 0) is 14.3 Å². The Morgan fingerprint density at radius 1 is 1.24 bits per heavy atom. The van der Waals surface area contributed by atoms with Gasteiger partial charge < -0.3 is 10.1 Å². The maximum atomic E-state index is 11.6. The minimum Gasteiger partial charge on any atom is -0.469 e. The molecule has 1 aromatic carbocycles. The van der Waals surface area contributed by atoms with Crippen LogP contribution < -0.4 is 5.32 Å². The van der Waals surface area contributed by atoms with Crippen molar-refractivity contribution in [2.24, 2.45) is 0 Å². The van der Waals surface area contributed by atoms with Crippen LogP contribution in [0.3, 0.4) is 0 Å². The first-order valence-corrected chi connectivity index (χ1v) is 8.62. The number of nitrogens with one attached hydrogen (secondary N) is 1. The Hall–Kier alpha value is -1.01. The van der Waals surface area contributed by atoms with Gasteiger partial charge in [-0.2, -0.15) is 0 Å². The summed E-state index contributed by atoms with van der Waals surface area (Å²) in [5.41, 5.74) is 0. The molecule has 4 nitrogen and oxygen atoms in total. The van der Waals surface area contributed by atoms with Gasteiger partial charge in [0.1, 0.15) is 0 Å². The predicted octanol–water partition coefficient (Wildman–Crippen LogP) is 3.39. The molecule has 0 aliphatic heterocycles. The number of methoxy groups -OCH3 is 1. The number of halogens is 1. The van der Waals surface area contributed by atoms with Crippen molar-refractivity contribution in [1.82, 2.24) is 5.32 Å². The molecule has 1 aromatic rings. The number of carbonyl (C=O) groups is 2. The van der Waals surface area contributed by atoms with Crippen molar-refractivity contribution in [2.45, 2.75) is 30.6 Å². The second-order valence-corrected chi connectivity index (χ2v) is 6.40. The van der Waals surface area contributed by atoms with Crippen LogP contribution in [-0.4, -0.2) is 31.3 Å². The number of benzene rings is 1. The van der Waals surface area contributed by atoms with Crippen LogP contribution >= 0.6 is 27.7 Å². The van der Waals surface area contributed by atoms with Gasteiger partial charge in [-0.3, -0.25) is 9.59 Å². The zero-order valence-electron chi connectivity index (χ0n) is 12.1.